The molecule has 0 saturated heterocycles. The Morgan fingerprint density at radius 3 is 2.62 bits per heavy atom. The molecule has 1 aromatic carbocycles. The van der Waals surface area contributed by atoms with E-state index in [1.54, 1.807) is 0 Å². The summed E-state index contributed by atoms with van der Waals surface area (Å²) >= 11 is 0. The van der Waals surface area contributed by atoms with Crippen LogP contribution < -0.4 is 4.74 Å². The maximum absolute atomic E-state index is 10.9. The average molecular weight is 226 g/mol. The third-order valence-corrected chi connectivity index (χ3v) is 2.24. The highest BCUT2D eigenvalue weighted by Crippen LogP contribution is 2.29. The summed E-state index contributed by atoms with van der Waals surface area (Å²) in [4.78, 5) is 10.9. The minimum absolute atomic E-state index is 0.00608. The Kier molecular flexibility index (Phi) is 4.13. The molecule has 1 aromatic rings. The van der Waals surface area contributed by atoms with Crippen molar-refractivity contribution in [2.45, 2.75) is 12.8 Å². The average Bonchev–Trinajstić information content (AvgIpc) is 2.26. The number of carboxylic acids is 1. The number of aromatic carboxylic acids is 1. The fraction of sp³-hybridized carbons (Fsp3) is 0.364. The van der Waals surface area contributed by atoms with Gasteiger partial charge in [0.25, 0.3) is 0 Å². The van der Waals surface area contributed by atoms with E-state index in [2.05, 4.69) is 0 Å². The zero-order valence-corrected chi connectivity index (χ0v) is 8.93. The molecule has 0 unspecified atom stereocenters. The number of hydrogen-bond acceptors (Lipinski definition) is 4. The molecule has 0 amide bonds. The van der Waals surface area contributed by atoms with E-state index in [1.807, 2.05) is 0 Å². The van der Waals surface area contributed by atoms with Gasteiger partial charge in [-0.1, -0.05) is 0 Å². The molecule has 5 nitrogen and oxygen atoms in total. The molecule has 3 N–H and O–H groups in total. The van der Waals surface area contributed by atoms with E-state index in [9.17, 15) is 9.90 Å². The van der Waals surface area contributed by atoms with Crippen molar-refractivity contribution >= 4 is 5.97 Å². The number of aromatic hydroxyl groups is 1. The molecule has 88 valence electrons. The molecule has 0 radical (unpaired) electrons. The summed E-state index contributed by atoms with van der Waals surface area (Å²) < 4.78 is 4.86. The summed E-state index contributed by atoms with van der Waals surface area (Å²) in [7, 11) is 1.34. The number of carbonyl (C=O) groups is 1. The van der Waals surface area contributed by atoms with E-state index in [4.69, 9.17) is 14.9 Å². The van der Waals surface area contributed by atoms with E-state index in [1.165, 1.54) is 19.2 Å². The zero-order valence-electron chi connectivity index (χ0n) is 8.93. The van der Waals surface area contributed by atoms with Gasteiger partial charge in [0, 0.05) is 12.7 Å². The van der Waals surface area contributed by atoms with Gasteiger partial charge in [-0.2, -0.15) is 0 Å². The summed E-state index contributed by atoms with van der Waals surface area (Å²) in [5, 5.41) is 27.2. The Bertz CT molecular complexity index is 386. The van der Waals surface area contributed by atoms with E-state index in [0.717, 1.165) is 0 Å². The molecule has 0 fully saturated rings. The quantitative estimate of drug-likeness (QED) is 0.697. The number of rotatable bonds is 5. The van der Waals surface area contributed by atoms with Crippen molar-refractivity contribution < 1.29 is 24.9 Å². The van der Waals surface area contributed by atoms with E-state index in [0.29, 0.717) is 18.4 Å². The largest absolute Gasteiger partial charge is 0.508 e. The Morgan fingerprint density at radius 1 is 1.44 bits per heavy atom. The van der Waals surface area contributed by atoms with E-state index >= 15 is 0 Å². The smallest absolute Gasteiger partial charge is 0.339 e. The summed E-state index contributed by atoms with van der Waals surface area (Å²) in [5.41, 5.74) is 0.500. The molecule has 0 aliphatic heterocycles. The van der Waals surface area contributed by atoms with Crippen LogP contribution in [0, 0.1) is 0 Å². The van der Waals surface area contributed by atoms with Crippen LogP contribution in [0.4, 0.5) is 0 Å². The second-order valence-corrected chi connectivity index (χ2v) is 3.31. The topological polar surface area (TPSA) is 87.0 Å². The van der Waals surface area contributed by atoms with Crippen LogP contribution in [0.3, 0.4) is 0 Å². The highest BCUT2D eigenvalue weighted by atomic mass is 16.5. The lowest BCUT2D eigenvalue weighted by molar-refractivity contribution is 0.0693. The van der Waals surface area contributed by atoms with Gasteiger partial charge in [-0.15, -0.1) is 0 Å². The van der Waals surface area contributed by atoms with Gasteiger partial charge in [-0.05, 0) is 24.5 Å². The van der Waals surface area contributed by atoms with E-state index in [-0.39, 0.29) is 23.7 Å². The van der Waals surface area contributed by atoms with Crippen LogP contribution in [0.25, 0.3) is 0 Å². The number of aliphatic hydroxyl groups is 1. The van der Waals surface area contributed by atoms with Gasteiger partial charge in [0.05, 0.1) is 7.11 Å². The first kappa shape index (κ1) is 12.3. The Morgan fingerprint density at radius 2 is 2.12 bits per heavy atom. The maximum Gasteiger partial charge on any atom is 0.339 e. The molecule has 16 heavy (non-hydrogen) atoms. The molecule has 0 bridgehead atoms. The van der Waals surface area contributed by atoms with Gasteiger partial charge in [-0.25, -0.2) is 4.79 Å². The number of hydrogen-bond donors (Lipinski definition) is 3. The minimum Gasteiger partial charge on any atom is -0.508 e. The van der Waals surface area contributed by atoms with Crippen molar-refractivity contribution in [1.29, 1.82) is 0 Å². The molecule has 0 aliphatic rings. The molecule has 0 aromatic heterocycles. The first-order valence-corrected chi connectivity index (χ1v) is 4.84. The molecule has 1 rings (SSSR count). The second kappa shape index (κ2) is 5.37. The van der Waals surface area contributed by atoms with Crippen LogP contribution in [0.5, 0.6) is 11.5 Å². The van der Waals surface area contributed by atoms with Crippen LogP contribution in [0.2, 0.25) is 0 Å². The molecular formula is C11H14O5. The zero-order chi connectivity index (χ0) is 12.1. The van der Waals surface area contributed by atoms with E-state index < -0.39 is 5.97 Å². The fourth-order valence-electron chi connectivity index (χ4n) is 1.42. The van der Waals surface area contributed by atoms with Crippen molar-refractivity contribution in [1.82, 2.24) is 0 Å². The summed E-state index contributed by atoms with van der Waals surface area (Å²) in [6.07, 6.45) is 0.894. The standard InChI is InChI=1S/C11H14O5/c1-16-10-6-9(13)7(3-2-4-12)5-8(10)11(14)15/h5-6,12-13H,2-4H2,1H3,(H,14,15). The Labute approximate surface area is 92.9 Å². The SMILES string of the molecule is COc1cc(O)c(CCCO)cc1C(=O)O. The molecule has 0 saturated carbocycles. The monoisotopic (exact) mass is 226 g/mol. The third-order valence-electron chi connectivity index (χ3n) is 2.24. The Balaban J connectivity index is 3.11. The van der Waals surface area contributed by atoms with Gasteiger partial charge in [0.2, 0.25) is 0 Å². The van der Waals surface area contributed by atoms with Crippen molar-refractivity contribution in [3.05, 3.63) is 23.3 Å². The van der Waals surface area contributed by atoms with Crippen LogP contribution in [-0.2, 0) is 6.42 Å². The van der Waals surface area contributed by atoms with Gasteiger partial charge >= 0.3 is 5.97 Å². The lowest BCUT2D eigenvalue weighted by atomic mass is 10.0. The number of methoxy groups -OCH3 is 1. The van der Waals surface area contributed by atoms with Gasteiger partial charge < -0.3 is 20.1 Å². The molecular weight excluding hydrogens is 212 g/mol. The first-order valence-electron chi connectivity index (χ1n) is 4.84. The number of carboxylic acid groups (broad SMARTS) is 1. The summed E-state index contributed by atoms with van der Waals surface area (Å²) in [6, 6.07) is 2.64. The lowest BCUT2D eigenvalue weighted by Crippen LogP contribution is -2.02. The molecule has 0 heterocycles. The van der Waals surface area contributed by atoms with Crippen molar-refractivity contribution in [2.24, 2.45) is 0 Å². The predicted molar refractivity (Wildman–Crippen MR) is 57.0 cm³/mol. The third kappa shape index (κ3) is 2.64. The Hall–Kier alpha value is -1.75. The number of aliphatic hydroxyl groups excluding tert-OH is 1. The summed E-state index contributed by atoms with van der Waals surface area (Å²) in [6.45, 7) is -0.00608. The van der Waals surface area contributed by atoms with Crippen LogP contribution in [-0.4, -0.2) is 35.0 Å². The minimum atomic E-state index is -1.11. The molecule has 0 atom stereocenters. The van der Waals surface area contributed by atoms with Gasteiger partial charge in [0.1, 0.15) is 17.1 Å². The second-order valence-electron chi connectivity index (χ2n) is 3.31. The van der Waals surface area contributed by atoms with Gasteiger partial charge in [-0.3, -0.25) is 0 Å². The number of benzene rings is 1. The fourth-order valence-corrected chi connectivity index (χ4v) is 1.42. The number of aryl methyl sites for hydroxylation is 1. The molecule has 0 spiro atoms. The van der Waals surface area contributed by atoms with Crippen LogP contribution in [0.1, 0.15) is 22.3 Å². The van der Waals surface area contributed by atoms with Crippen LogP contribution >= 0.6 is 0 Å². The lowest BCUT2D eigenvalue weighted by Gasteiger charge is -2.09. The first-order chi connectivity index (χ1) is 7.60. The van der Waals surface area contributed by atoms with Crippen molar-refractivity contribution in [3.63, 3.8) is 0 Å². The summed E-state index contributed by atoms with van der Waals surface area (Å²) in [5.74, 6) is -1.00. The van der Waals surface area contributed by atoms with Gasteiger partial charge in [0.15, 0.2) is 0 Å². The van der Waals surface area contributed by atoms with Crippen LogP contribution in [0.15, 0.2) is 12.1 Å². The highest BCUT2D eigenvalue weighted by Gasteiger charge is 2.14. The number of phenolic OH excluding ortho intramolecular Hbond substituents is 1. The molecule has 0 aliphatic carbocycles. The van der Waals surface area contributed by atoms with Crippen molar-refractivity contribution in [3.8, 4) is 11.5 Å². The number of ether oxygens (including phenoxy) is 1. The number of phenols is 1. The normalized spacial score (nSPS) is 10.1. The van der Waals surface area contributed by atoms with Crippen molar-refractivity contribution in [2.75, 3.05) is 13.7 Å². The predicted octanol–water partition coefficient (Wildman–Crippen LogP) is 1.02. The maximum atomic E-state index is 10.9. The molecule has 5 heteroatoms. The highest BCUT2D eigenvalue weighted by molar-refractivity contribution is 5.91.